The molecule has 1 aliphatic rings. The summed E-state index contributed by atoms with van der Waals surface area (Å²) in [6.07, 6.45) is 4.35. The lowest BCUT2D eigenvalue weighted by molar-refractivity contribution is 0.0503. The van der Waals surface area contributed by atoms with Crippen molar-refractivity contribution >= 4 is 5.91 Å². The molecule has 0 spiro atoms. The molecule has 1 atom stereocenters. The largest absolute Gasteiger partial charge is 0.394 e. The maximum absolute atomic E-state index is 12.7. The van der Waals surface area contributed by atoms with Gasteiger partial charge in [0.25, 0.3) is 5.91 Å². The molecule has 0 unspecified atom stereocenters. The number of aliphatic hydroxyl groups excluding tert-OH is 1. The van der Waals surface area contributed by atoms with Crippen LogP contribution in [0.25, 0.3) is 0 Å². The second-order valence-electron chi connectivity index (χ2n) is 6.84. The Bertz CT molecular complexity index is 507. The Morgan fingerprint density at radius 2 is 2.14 bits per heavy atom. The minimum Gasteiger partial charge on any atom is -0.394 e. The van der Waals surface area contributed by atoms with Gasteiger partial charge in [-0.3, -0.25) is 4.79 Å². The lowest BCUT2D eigenvalue weighted by atomic mass is 9.97. The van der Waals surface area contributed by atoms with Crippen molar-refractivity contribution in [3.05, 3.63) is 35.4 Å². The number of piperidine rings is 1. The maximum Gasteiger partial charge on any atom is 0.254 e. The molecule has 1 aromatic rings. The predicted molar refractivity (Wildman–Crippen MR) is 86.8 cm³/mol. The molecule has 0 radical (unpaired) electrons. The van der Waals surface area contributed by atoms with Crippen molar-refractivity contribution in [2.75, 3.05) is 13.2 Å². The van der Waals surface area contributed by atoms with Gasteiger partial charge in [0.15, 0.2) is 0 Å². The van der Waals surface area contributed by atoms with Crippen LogP contribution >= 0.6 is 0 Å². The van der Waals surface area contributed by atoms with Crippen LogP contribution in [0.3, 0.4) is 0 Å². The molecule has 1 aromatic carbocycles. The zero-order valence-corrected chi connectivity index (χ0v) is 13.6. The van der Waals surface area contributed by atoms with Crippen molar-refractivity contribution in [3.63, 3.8) is 0 Å². The third kappa shape index (κ3) is 4.55. The van der Waals surface area contributed by atoms with E-state index in [9.17, 15) is 15.0 Å². The first-order chi connectivity index (χ1) is 10.4. The molecule has 122 valence electrons. The summed E-state index contributed by atoms with van der Waals surface area (Å²) >= 11 is 0. The Balaban J connectivity index is 2.09. The topological polar surface area (TPSA) is 60.8 Å². The van der Waals surface area contributed by atoms with E-state index in [1.165, 1.54) is 0 Å². The van der Waals surface area contributed by atoms with E-state index >= 15 is 0 Å². The van der Waals surface area contributed by atoms with Gasteiger partial charge in [-0.1, -0.05) is 12.1 Å². The molecule has 0 aromatic heterocycles. The molecule has 1 heterocycles. The highest BCUT2D eigenvalue weighted by Gasteiger charge is 2.26. The summed E-state index contributed by atoms with van der Waals surface area (Å²) in [5, 5.41) is 19.3. The summed E-state index contributed by atoms with van der Waals surface area (Å²) in [5.74, 6) is 0.00357. The fraction of sp³-hybridized carbons (Fsp3) is 0.611. The van der Waals surface area contributed by atoms with Crippen LogP contribution in [0, 0.1) is 0 Å². The maximum atomic E-state index is 12.7. The van der Waals surface area contributed by atoms with Gasteiger partial charge in [0.2, 0.25) is 0 Å². The molecule has 1 aliphatic heterocycles. The summed E-state index contributed by atoms with van der Waals surface area (Å²) in [6.45, 7) is 4.34. The molecule has 0 saturated carbocycles. The van der Waals surface area contributed by atoms with Crippen LogP contribution in [-0.2, 0) is 6.42 Å². The van der Waals surface area contributed by atoms with Crippen molar-refractivity contribution in [3.8, 4) is 0 Å². The molecule has 0 bridgehead atoms. The Hall–Kier alpha value is -1.39. The monoisotopic (exact) mass is 305 g/mol. The van der Waals surface area contributed by atoms with E-state index in [-0.39, 0.29) is 18.6 Å². The molecule has 22 heavy (non-hydrogen) atoms. The molecule has 4 nitrogen and oxygen atoms in total. The van der Waals surface area contributed by atoms with Gasteiger partial charge >= 0.3 is 0 Å². The van der Waals surface area contributed by atoms with Gasteiger partial charge in [-0.05, 0) is 63.6 Å². The van der Waals surface area contributed by atoms with Crippen molar-refractivity contribution in [2.24, 2.45) is 0 Å². The molecular weight excluding hydrogens is 278 g/mol. The Labute approximate surface area is 132 Å². The fourth-order valence-electron chi connectivity index (χ4n) is 2.93. The van der Waals surface area contributed by atoms with Crippen molar-refractivity contribution in [1.82, 2.24) is 4.90 Å². The zero-order chi connectivity index (χ0) is 16.2. The van der Waals surface area contributed by atoms with Crippen LogP contribution in [0.15, 0.2) is 24.3 Å². The molecule has 4 heteroatoms. The minimum atomic E-state index is -0.700. The summed E-state index contributed by atoms with van der Waals surface area (Å²) in [5.41, 5.74) is 1.04. The van der Waals surface area contributed by atoms with Crippen LogP contribution < -0.4 is 0 Å². The smallest absolute Gasteiger partial charge is 0.254 e. The predicted octanol–water partition coefficient (Wildman–Crippen LogP) is 2.38. The van der Waals surface area contributed by atoms with E-state index in [2.05, 4.69) is 0 Å². The van der Waals surface area contributed by atoms with Crippen molar-refractivity contribution in [1.29, 1.82) is 0 Å². The number of amides is 1. The number of carbonyl (C=O) groups excluding carboxylic acids is 1. The number of rotatable bonds is 5. The second kappa shape index (κ2) is 7.25. The molecule has 1 amide bonds. The first-order valence-electron chi connectivity index (χ1n) is 8.14. The van der Waals surface area contributed by atoms with Gasteiger partial charge in [0, 0.05) is 12.1 Å². The van der Waals surface area contributed by atoms with Crippen LogP contribution in [0.2, 0.25) is 0 Å². The van der Waals surface area contributed by atoms with Gasteiger partial charge < -0.3 is 15.1 Å². The number of nitrogens with zero attached hydrogens (tertiary/aromatic N) is 1. The highest BCUT2D eigenvalue weighted by atomic mass is 16.3. The highest BCUT2D eigenvalue weighted by Crippen LogP contribution is 2.21. The Morgan fingerprint density at radius 1 is 1.36 bits per heavy atom. The molecule has 1 saturated heterocycles. The number of carbonyl (C=O) groups is 1. The van der Waals surface area contributed by atoms with E-state index in [1.807, 2.05) is 24.3 Å². The lowest BCUT2D eigenvalue weighted by Gasteiger charge is -2.34. The SMILES string of the molecule is CC(C)(O)CCc1cccc(C(=O)N2CCCC[C@@H]2CO)c1. The molecule has 2 N–H and O–H groups in total. The third-order valence-electron chi connectivity index (χ3n) is 4.30. The first-order valence-corrected chi connectivity index (χ1v) is 8.14. The average molecular weight is 305 g/mol. The Morgan fingerprint density at radius 3 is 2.82 bits per heavy atom. The van der Waals surface area contributed by atoms with Crippen LogP contribution in [-0.4, -0.2) is 45.8 Å². The van der Waals surface area contributed by atoms with Crippen LogP contribution in [0.4, 0.5) is 0 Å². The first kappa shape index (κ1) is 17.0. The summed E-state index contributed by atoms with van der Waals surface area (Å²) in [7, 11) is 0. The van der Waals surface area contributed by atoms with Crippen molar-refractivity contribution in [2.45, 2.75) is 57.6 Å². The second-order valence-corrected chi connectivity index (χ2v) is 6.84. The van der Waals surface area contributed by atoms with Gasteiger partial charge in [-0.25, -0.2) is 0 Å². The van der Waals surface area contributed by atoms with Crippen LogP contribution in [0.1, 0.15) is 55.5 Å². The van der Waals surface area contributed by atoms with E-state index in [0.29, 0.717) is 12.0 Å². The number of benzene rings is 1. The minimum absolute atomic E-state index is 0.00357. The van der Waals surface area contributed by atoms with E-state index in [4.69, 9.17) is 0 Å². The summed E-state index contributed by atoms with van der Waals surface area (Å²) in [6, 6.07) is 7.57. The number of hydrogen-bond donors (Lipinski definition) is 2. The van der Waals surface area contributed by atoms with Gasteiger partial charge in [0.05, 0.1) is 18.2 Å². The van der Waals surface area contributed by atoms with Gasteiger partial charge in [-0.2, -0.15) is 0 Å². The number of aryl methyl sites for hydroxylation is 1. The van der Waals surface area contributed by atoms with E-state index in [0.717, 1.165) is 37.8 Å². The number of aliphatic hydroxyl groups is 2. The molecule has 2 rings (SSSR count). The van der Waals surface area contributed by atoms with E-state index in [1.54, 1.807) is 18.7 Å². The number of likely N-dealkylation sites (tertiary alicyclic amines) is 1. The summed E-state index contributed by atoms with van der Waals surface area (Å²) in [4.78, 5) is 14.5. The standard InChI is InChI=1S/C18H27NO3/c1-18(2,22)10-9-14-6-5-7-15(12-14)17(21)19-11-4-3-8-16(19)13-20/h5-7,12,16,20,22H,3-4,8-11,13H2,1-2H3/t16-/m1/s1. The Kier molecular flexibility index (Phi) is 5.59. The highest BCUT2D eigenvalue weighted by molar-refractivity contribution is 5.94. The van der Waals surface area contributed by atoms with Gasteiger partial charge in [-0.15, -0.1) is 0 Å². The quantitative estimate of drug-likeness (QED) is 0.878. The average Bonchev–Trinajstić information content (AvgIpc) is 2.52. The fourth-order valence-corrected chi connectivity index (χ4v) is 2.93. The van der Waals surface area contributed by atoms with Gasteiger partial charge in [0.1, 0.15) is 0 Å². The molecule has 0 aliphatic carbocycles. The summed E-state index contributed by atoms with van der Waals surface area (Å²) < 4.78 is 0. The number of hydrogen-bond acceptors (Lipinski definition) is 3. The third-order valence-corrected chi connectivity index (χ3v) is 4.30. The zero-order valence-electron chi connectivity index (χ0n) is 13.6. The normalized spacial score (nSPS) is 19.3. The molecular formula is C18H27NO3. The lowest BCUT2D eigenvalue weighted by Crippen LogP contribution is -2.45. The van der Waals surface area contributed by atoms with Crippen LogP contribution in [0.5, 0.6) is 0 Å². The van der Waals surface area contributed by atoms with Crippen molar-refractivity contribution < 1.29 is 15.0 Å². The molecule has 1 fully saturated rings. The van der Waals surface area contributed by atoms with E-state index < -0.39 is 5.60 Å².